The Bertz CT molecular complexity index is 932. The number of carbonyl (C=O) groups excluding carboxylic acids is 2. The molecule has 0 spiro atoms. The maximum Gasteiger partial charge on any atom is 0.335 e. The van der Waals surface area contributed by atoms with Crippen LogP contribution < -0.4 is 0 Å². The van der Waals surface area contributed by atoms with Gasteiger partial charge in [-0.25, -0.2) is 4.79 Å². The molecule has 1 fully saturated rings. The van der Waals surface area contributed by atoms with Crippen LogP contribution in [0.25, 0.3) is 11.1 Å². The van der Waals surface area contributed by atoms with Gasteiger partial charge < -0.3 is 4.74 Å². The van der Waals surface area contributed by atoms with E-state index in [4.69, 9.17) is 4.74 Å². The van der Waals surface area contributed by atoms with Crippen molar-refractivity contribution in [3.8, 4) is 11.1 Å². The number of aliphatic imine (C=N–C) groups is 1. The first-order chi connectivity index (χ1) is 13.2. The minimum absolute atomic E-state index is 0.138. The van der Waals surface area contributed by atoms with E-state index in [0.29, 0.717) is 12.0 Å². The SMILES string of the molecule is COC(=O)C1=CN=C2SCCC(=O)C2C1c1ccc(-c2ccccc2)cc1. The topological polar surface area (TPSA) is 55.7 Å². The number of nitrogens with zero attached hydrogens (tertiary/aromatic N) is 1. The van der Waals surface area contributed by atoms with Crippen molar-refractivity contribution in [1.82, 2.24) is 0 Å². The summed E-state index contributed by atoms with van der Waals surface area (Å²) in [6.45, 7) is 0. The highest BCUT2D eigenvalue weighted by atomic mass is 32.2. The van der Waals surface area contributed by atoms with Crippen molar-refractivity contribution in [3.05, 3.63) is 71.9 Å². The van der Waals surface area contributed by atoms with E-state index >= 15 is 0 Å². The number of carbonyl (C=O) groups is 2. The van der Waals surface area contributed by atoms with E-state index < -0.39 is 11.9 Å². The number of thioether (sulfide) groups is 1. The highest BCUT2D eigenvalue weighted by molar-refractivity contribution is 8.14. The van der Waals surface area contributed by atoms with E-state index in [1.807, 2.05) is 42.5 Å². The van der Waals surface area contributed by atoms with Crippen molar-refractivity contribution < 1.29 is 14.3 Å². The van der Waals surface area contributed by atoms with Gasteiger partial charge in [0.05, 0.1) is 23.6 Å². The van der Waals surface area contributed by atoms with E-state index in [2.05, 4.69) is 17.1 Å². The molecule has 2 unspecified atom stereocenters. The fourth-order valence-corrected chi connectivity index (χ4v) is 4.75. The molecular weight excluding hydrogens is 358 g/mol. The average Bonchev–Trinajstić information content (AvgIpc) is 2.73. The highest BCUT2D eigenvalue weighted by Crippen LogP contribution is 2.42. The van der Waals surface area contributed by atoms with Crippen molar-refractivity contribution in [2.24, 2.45) is 10.9 Å². The number of benzene rings is 2. The van der Waals surface area contributed by atoms with Gasteiger partial charge >= 0.3 is 5.97 Å². The molecule has 2 aromatic carbocycles. The molecule has 4 rings (SSSR count). The van der Waals surface area contributed by atoms with Crippen molar-refractivity contribution in [3.63, 3.8) is 0 Å². The van der Waals surface area contributed by atoms with Crippen molar-refractivity contribution in [1.29, 1.82) is 0 Å². The zero-order valence-electron chi connectivity index (χ0n) is 14.9. The lowest BCUT2D eigenvalue weighted by Gasteiger charge is -2.33. The summed E-state index contributed by atoms with van der Waals surface area (Å²) in [5, 5.41) is 0.802. The fourth-order valence-electron chi connectivity index (χ4n) is 3.66. The summed E-state index contributed by atoms with van der Waals surface area (Å²) < 4.78 is 4.95. The van der Waals surface area contributed by atoms with Gasteiger partial charge in [0, 0.05) is 24.3 Å². The largest absolute Gasteiger partial charge is 0.466 e. The van der Waals surface area contributed by atoms with E-state index in [1.54, 1.807) is 18.0 Å². The maximum atomic E-state index is 12.7. The molecule has 0 aliphatic carbocycles. The van der Waals surface area contributed by atoms with Crippen LogP contribution in [-0.4, -0.2) is 29.7 Å². The number of methoxy groups -OCH3 is 1. The molecule has 2 aliphatic rings. The molecule has 0 amide bonds. The number of esters is 1. The van der Waals surface area contributed by atoms with Crippen LogP contribution in [0, 0.1) is 5.92 Å². The second-order valence-corrected chi connectivity index (χ2v) is 7.67. The summed E-state index contributed by atoms with van der Waals surface area (Å²) in [6, 6.07) is 18.2. The Labute approximate surface area is 162 Å². The zero-order valence-corrected chi connectivity index (χ0v) is 15.7. The van der Waals surface area contributed by atoms with Gasteiger partial charge in [-0.2, -0.15) is 0 Å². The third kappa shape index (κ3) is 3.35. The van der Waals surface area contributed by atoms with Crippen molar-refractivity contribution in [2.75, 3.05) is 12.9 Å². The highest BCUT2D eigenvalue weighted by Gasteiger charge is 2.42. The van der Waals surface area contributed by atoms with Crippen LogP contribution in [0.2, 0.25) is 0 Å². The molecule has 0 bridgehead atoms. The molecule has 2 aromatic rings. The van der Waals surface area contributed by atoms with Crippen molar-refractivity contribution in [2.45, 2.75) is 12.3 Å². The van der Waals surface area contributed by atoms with Crippen LogP contribution in [0.5, 0.6) is 0 Å². The normalized spacial score (nSPS) is 21.7. The Morgan fingerprint density at radius 1 is 1.04 bits per heavy atom. The zero-order chi connectivity index (χ0) is 18.8. The summed E-state index contributed by atoms with van der Waals surface area (Å²) in [6.07, 6.45) is 2.07. The van der Waals surface area contributed by atoms with Gasteiger partial charge in [-0.1, -0.05) is 54.6 Å². The number of rotatable bonds is 3. The van der Waals surface area contributed by atoms with Gasteiger partial charge in [0.25, 0.3) is 0 Å². The summed E-state index contributed by atoms with van der Waals surface area (Å²) in [5.41, 5.74) is 3.59. The van der Waals surface area contributed by atoms with E-state index in [9.17, 15) is 9.59 Å². The first-order valence-corrected chi connectivity index (χ1v) is 9.84. The molecule has 0 saturated carbocycles. The van der Waals surface area contributed by atoms with Crippen LogP contribution in [0.4, 0.5) is 0 Å². The summed E-state index contributed by atoms with van der Waals surface area (Å²) >= 11 is 1.60. The predicted molar refractivity (Wildman–Crippen MR) is 108 cm³/mol. The minimum Gasteiger partial charge on any atom is -0.466 e. The molecule has 0 N–H and O–H groups in total. The summed E-state index contributed by atoms with van der Waals surface area (Å²) in [4.78, 5) is 29.4. The number of hydrogen-bond donors (Lipinski definition) is 0. The number of hydrogen-bond acceptors (Lipinski definition) is 5. The van der Waals surface area contributed by atoms with E-state index in [-0.39, 0.29) is 11.7 Å². The molecule has 2 aliphatic heterocycles. The molecule has 1 saturated heterocycles. The van der Waals surface area contributed by atoms with Gasteiger partial charge in [0.1, 0.15) is 5.78 Å². The fraction of sp³-hybridized carbons (Fsp3) is 0.227. The molecule has 0 aromatic heterocycles. The van der Waals surface area contributed by atoms with Crippen molar-refractivity contribution >= 4 is 28.6 Å². The lowest BCUT2D eigenvalue weighted by molar-refractivity contribution is -0.136. The van der Waals surface area contributed by atoms with Crippen LogP contribution in [-0.2, 0) is 14.3 Å². The Morgan fingerprint density at radius 3 is 2.44 bits per heavy atom. The Balaban J connectivity index is 1.74. The average molecular weight is 377 g/mol. The molecule has 4 nitrogen and oxygen atoms in total. The lowest BCUT2D eigenvalue weighted by Crippen LogP contribution is -2.37. The van der Waals surface area contributed by atoms with Crippen LogP contribution in [0.3, 0.4) is 0 Å². The molecule has 27 heavy (non-hydrogen) atoms. The number of Topliss-reactive ketones (excluding diaryl/α,β-unsaturated/α-hetero) is 1. The number of ether oxygens (including phenoxy) is 1. The van der Waals surface area contributed by atoms with Gasteiger partial charge in [0.15, 0.2) is 0 Å². The third-order valence-corrected chi connectivity index (χ3v) is 6.07. The quantitative estimate of drug-likeness (QED) is 0.751. The first-order valence-electron chi connectivity index (χ1n) is 8.86. The molecular formula is C22H19NO3S. The van der Waals surface area contributed by atoms with Gasteiger partial charge in [-0.15, -0.1) is 11.8 Å². The Hall–Kier alpha value is -2.66. The lowest BCUT2D eigenvalue weighted by atomic mass is 9.76. The maximum absolute atomic E-state index is 12.7. The third-order valence-electron chi connectivity index (χ3n) is 5.01. The second kappa shape index (κ2) is 7.53. The van der Waals surface area contributed by atoms with Crippen LogP contribution in [0.15, 0.2) is 71.4 Å². The smallest absolute Gasteiger partial charge is 0.335 e. The van der Waals surface area contributed by atoms with Crippen LogP contribution in [0.1, 0.15) is 17.9 Å². The molecule has 2 heterocycles. The Morgan fingerprint density at radius 2 is 1.74 bits per heavy atom. The minimum atomic E-state index is -0.432. The van der Waals surface area contributed by atoms with E-state index in [1.165, 1.54) is 7.11 Å². The second-order valence-electron chi connectivity index (χ2n) is 6.55. The van der Waals surface area contributed by atoms with Gasteiger partial charge in [-0.05, 0) is 16.7 Å². The number of fused-ring (bicyclic) bond motifs is 1. The molecule has 5 heteroatoms. The molecule has 136 valence electrons. The van der Waals surface area contributed by atoms with Gasteiger partial charge in [0.2, 0.25) is 0 Å². The molecule has 0 radical (unpaired) electrons. The Kier molecular flexibility index (Phi) is 4.94. The standard InChI is InChI=1S/C22H19NO3S/c1-26-22(25)17-13-23-21-20(18(24)11-12-27-21)19(17)16-9-7-15(8-10-16)14-5-3-2-4-6-14/h2-10,13,19-20H,11-12H2,1H3. The first kappa shape index (κ1) is 17.7. The predicted octanol–water partition coefficient (Wildman–Crippen LogP) is 4.23. The summed E-state index contributed by atoms with van der Waals surface area (Å²) in [5.74, 6) is -0.298. The number of ketones is 1. The van der Waals surface area contributed by atoms with E-state index in [0.717, 1.165) is 27.5 Å². The summed E-state index contributed by atoms with van der Waals surface area (Å²) in [7, 11) is 1.36. The van der Waals surface area contributed by atoms with Crippen LogP contribution >= 0.6 is 11.8 Å². The van der Waals surface area contributed by atoms with Gasteiger partial charge in [-0.3, -0.25) is 9.79 Å². The monoisotopic (exact) mass is 377 g/mol. The molecule has 2 atom stereocenters.